The minimum Gasteiger partial charge on any atom is -0.505 e. The van der Waals surface area contributed by atoms with E-state index in [1.807, 2.05) is 18.2 Å². The lowest BCUT2D eigenvalue weighted by Crippen LogP contribution is -2.30. The molecule has 4 rings (SSSR count). The Balaban J connectivity index is 1.84. The van der Waals surface area contributed by atoms with E-state index < -0.39 is 6.10 Å². The van der Waals surface area contributed by atoms with E-state index in [1.54, 1.807) is 0 Å². The predicted molar refractivity (Wildman–Crippen MR) is 161 cm³/mol. The third-order valence-electron chi connectivity index (χ3n) is 7.52. The van der Waals surface area contributed by atoms with Crippen LogP contribution in [-0.4, -0.2) is 27.7 Å². The predicted octanol–water partition coefficient (Wildman–Crippen LogP) is 9.10. The Morgan fingerprint density at radius 2 is 1.13 bits per heavy atom. The molecule has 0 amide bonds. The number of allylic oxidation sites excluding steroid dienone is 3. The smallest absolute Gasteiger partial charge is 0.147 e. The van der Waals surface area contributed by atoms with Crippen molar-refractivity contribution in [1.29, 1.82) is 0 Å². The van der Waals surface area contributed by atoms with Gasteiger partial charge in [0.05, 0.1) is 17.1 Å². The maximum atomic E-state index is 11.5. The number of aliphatic hydroxyl groups excluding tert-OH is 2. The second-order valence-corrected chi connectivity index (χ2v) is 11.7. The molecule has 2 aliphatic carbocycles. The Bertz CT molecular complexity index is 1310. The number of nitrogens with zero attached hydrogens (tertiary/aromatic N) is 2. The molecule has 0 bridgehead atoms. The standard InChI is InChI=1S/C34H42N2O2/c1-19(2)24-11-9-12-25(20(3)4)31(24)35-28-17-15-23-16-18-29(34(38)30(23)33(28)37)36-32-26(21(5)6)13-10-14-27(32)22(7)8/h9-17,19-22,34,37-38H,18H2,1-8H3. The molecule has 0 saturated heterocycles. The Kier molecular flexibility index (Phi) is 8.22. The number of fused-ring (bicyclic) bond motifs is 1. The molecule has 38 heavy (non-hydrogen) atoms. The van der Waals surface area contributed by atoms with Gasteiger partial charge in [-0.25, -0.2) is 4.99 Å². The molecule has 0 heterocycles. The fraction of sp³-hybridized carbons (Fsp3) is 0.412. The number of aliphatic imine (C=N–C) groups is 2. The van der Waals surface area contributed by atoms with E-state index in [4.69, 9.17) is 9.98 Å². The summed E-state index contributed by atoms with van der Waals surface area (Å²) in [5.74, 6) is 1.22. The first-order valence-electron chi connectivity index (χ1n) is 13.9. The fourth-order valence-electron chi connectivity index (χ4n) is 5.31. The first kappa shape index (κ1) is 27.8. The van der Waals surface area contributed by atoms with Gasteiger partial charge >= 0.3 is 0 Å². The van der Waals surface area contributed by atoms with Crippen molar-refractivity contribution in [3.8, 4) is 0 Å². The zero-order valence-corrected chi connectivity index (χ0v) is 24.1. The average molecular weight is 511 g/mol. The van der Waals surface area contributed by atoms with Gasteiger partial charge in [-0.05, 0) is 57.6 Å². The quantitative estimate of drug-likeness (QED) is 0.407. The van der Waals surface area contributed by atoms with E-state index in [-0.39, 0.29) is 5.76 Å². The van der Waals surface area contributed by atoms with Crippen molar-refractivity contribution in [2.24, 2.45) is 9.98 Å². The van der Waals surface area contributed by atoms with E-state index in [0.29, 0.717) is 47.1 Å². The summed E-state index contributed by atoms with van der Waals surface area (Å²) in [4.78, 5) is 10.1. The highest BCUT2D eigenvalue weighted by atomic mass is 16.3. The van der Waals surface area contributed by atoms with Crippen molar-refractivity contribution >= 4 is 22.8 Å². The highest BCUT2D eigenvalue weighted by molar-refractivity contribution is 6.13. The first-order valence-corrected chi connectivity index (χ1v) is 13.9. The number of aliphatic hydroxyl groups is 2. The van der Waals surface area contributed by atoms with E-state index in [0.717, 1.165) is 28.1 Å². The second kappa shape index (κ2) is 11.2. The van der Waals surface area contributed by atoms with Crippen LogP contribution in [0.5, 0.6) is 0 Å². The van der Waals surface area contributed by atoms with Gasteiger partial charge < -0.3 is 10.2 Å². The molecule has 0 spiro atoms. The van der Waals surface area contributed by atoms with Crippen molar-refractivity contribution in [2.45, 2.75) is 91.6 Å². The molecule has 4 nitrogen and oxygen atoms in total. The molecule has 1 atom stereocenters. The Hall–Kier alpha value is -3.24. The molecule has 2 aliphatic rings. The normalized spacial score (nSPS) is 19.9. The maximum absolute atomic E-state index is 11.5. The summed E-state index contributed by atoms with van der Waals surface area (Å²) in [6, 6.07) is 12.6. The van der Waals surface area contributed by atoms with Crippen LogP contribution in [0.15, 0.2) is 81.5 Å². The van der Waals surface area contributed by atoms with Crippen molar-refractivity contribution in [3.63, 3.8) is 0 Å². The average Bonchev–Trinajstić information content (AvgIpc) is 2.86. The van der Waals surface area contributed by atoms with Gasteiger partial charge in [-0.1, -0.05) is 104 Å². The van der Waals surface area contributed by atoms with Gasteiger partial charge in [0.2, 0.25) is 0 Å². The number of rotatable bonds is 6. The largest absolute Gasteiger partial charge is 0.505 e. The lowest BCUT2D eigenvalue weighted by Gasteiger charge is -2.27. The van der Waals surface area contributed by atoms with Crippen LogP contribution in [0.4, 0.5) is 11.4 Å². The van der Waals surface area contributed by atoms with E-state index in [1.165, 1.54) is 11.1 Å². The van der Waals surface area contributed by atoms with Gasteiger partial charge in [-0.3, -0.25) is 4.99 Å². The molecule has 0 fully saturated rings. The molecule has 0 aromatic heterocycles. The summed E-state index contributed by atoms with van der Waals surface area (Å²) in [7, 11) is 0. The second-order valence-electron chi connectivity index (χ2n) is 11.7. The lowest BCUT2D eigenvalue weighted by molar-refractivity contribution is 0.268. The number of benzene rings is 2. The van der Waals surface area contributed by atoms with E-state index >= 15 is 0 Å². The maximum Gasteiger partial charge on any atom is 0.147 e. The number of hydrogen-bond acceptors (Lipinski definition) is 4. The molecule has 0 radical (unpaired) electrons. The zero-order chi connectivity index (χ0) is 27.7. The first-order chi connectivity index (χ1) is 18.0. The summed E-state index contributed by atoms with van der Waals surface area (Å²) in [5, 5.41) is 23.0. The Morgan fingerprint density at radius 1 is 0.684 bits per heavy atom. The van der Waals surface area contributed by atoms with Crippen molar-refractivity contribution in [3.05, 3.63) is 93.8 Å². The highest BCUT2D eigenvalue weighted by Crippen LogP contribution is 2.39. The monoisotopic (exact) mass is 510 g/mol. The van der Waals surface area contributed by atoms with Crippen LogP contribution < -0.4 is 0 Å². The van der Waals surface area contributed by atoms with E-state index in [9.17, 15) is 10.2 Å². The molecule has 4 heteroatoms. The molecule has 0 aliphatic heterocycles. The fourth-order valence-corrected chi connectivity index (χ4v) is 5.31. The number of hydrogen-bond donors (Lipinski definition) is 2. The molecule has 1 unspecified atom stereocenters. The van der Waals surface area contributed by atoms with Crippen LogP contribution >= 0.6 is 0 Å². The van der Waals surface area contributed by atoms with Gasteiger partial charge in [0, 0.05) is 12.0 Å². The van der Waals surface area contributed by atoms with Gasteiger partial charge in [-0.15, -0.1) is 0 Å². The Labute approximate surface area is 228 Å². The summed E-state index contributed by atoms with van der Waals surface area (Å²) in [5.41, 5.74) is 8.90. The van der Waals surface area contributed by atoms with Crippen LogP contribution in [0, 0.1) is 0 Å². The van der Waals surface area contributed by atoms with Gasteiger partial charge in [0.25, 0.3) is 0 Å². The van der Waals surface area contributed by atoms with Crippen molar-refractivity contribution < 1.29 is 10.2 Å². The third-order valence-corrected chi connectivity index (χ3v) is 7.52. The van der Waals surface area contributed by atoms with Crippen LogP contribution in [0.25, 0.3) is 0 Å². The molecule has 2 N–H and O–H groups in total. The van der Waals surface area contributed by atoms with Crippen molar-refractivity contribution in [1.82, 2.24) is 0 Å². The molecular formula is C34H42N2O2. The van der Waals surface area contributed by atoms with Crippen molar-refractivity contribution in [2.75, 3.05) is 0 Å². The van der Waals surface area contributed by atoms with Gasteiger partial charge in [-0.2, -0.15) is 0 Å². The van der Waals surface area contributed by atoms with Gasteiger partial charge in [0.15, 0.2) is 0 Å². The molecule has 2 aromatic carbocycles. The Morgan fingerprint density at radius 3 is 1.58 bits per heavy atom. The molecule has 2 aromatic rings. The minimum atomic E-state index is -1.00. The lowest BCUT2D eigenvalue weighted by atomic mass is 9.84. The van der Waals surface area contributed by atoms with Crippen LogP contribution in [-0.2, 0) is 0 Å². The summed E-state index contributed by atoms with van der Waals surface area (Å²) in [6.07, 6.45) is 5.37. The van der Waals surface area contributed by atoms with E-state index in [2.05, 4.69) is 91.8 Å². The molecular weight excluding hydrogens is 468 g/mol. The number of para-hydroxylation sites is 2. The van der Waals surface area contributed by atoms with Crippen LogP contribution in [0.2, 0.25) is 0 Å². The highest BCUT2D eigenvalue weighted by Gasteiger charge is 2.31. The molecule has 200 valence electrons. The van der Waals surface area contributed by atoms with Crippen LogP contribution in [0.1, 0.15) is 108 Å². The summed E-state index contributed by atoms with van der Waals surface area (Å²) >= 11 is 0. The summed E-state index contributed by atoms with van der Waals surface area (Å²) in [6.45, 7) is 17.3. The minimum absolute atomic E-state index is 0.0214. The zero-order valence-electron chi connectivity index (χ0n) is 24.1. The van der Waals surface area contributed by atoms with Crippen LogP contribution in [0.3, 0.4) is 0 Å². The third kappa shape index (κ3) is 5.33. The van der Waals surface area contributed by atoms with Gasteiger partial charge in [0.1, 0.15) is 17.6 Å². The molecule has 0 saturated carbocycles. The summed E-state index contributed by atoms with van der Waals surface area (Å²) < 4.78 is 0. The topological polar surface area (TPSA) is 65.2 Å². The SMILES string of the molecule is CC(C)c1cccc(C(C)C)c1N=C1C=CC2=CCC(=Nc3c(C(C)C)cccc3C(C)C)C(O)C2=C1O.